The Morgan fingerprint density at radius 3 is 2.74 bits per heavy atom. The Morgan fingerprint density at radius 2 is 2.09 bits per heavy atom. The van der Waals surface area contributed by atoms with Crippen LogP contribution in [-0.4, -0.2) is 12.5 Å². The number of furan rings is 1. The number of carbonyl (C=O) groups is 1. The van der Waals surface area contributed by atoms with Crippen LogP contribution in [0.3, 0.4) is 0 Å². The number of nitriles is 1. The van der Waals surface area contributed by atoms with Crippen molar-refractivity contribution in [3.63, 3.8) is 0 Å². The number of carbonyl (C=O) groups excluding carboxylic acids is 1. The molecule has 1 N–H and O–H groups in total. The first-order valence-corrected chi connectivity index (χ1v) is 7.37. The maximum absolute atomic E-state index is 11.8. The quantitative estimate of drug-likeness (QED) is 0.493. The average Bonchev–Trinajstić information content (AvgIpc) is 3.01. The summed E-state index contributed by atoms with van der Waals surface area (Å²) in [6.07, 6.45) is 2.90. The highest BCUT2D eigenvalue weighted by atomic mass is 35.5. The Labute approximate surface area is 143 Å². The Hall–Kier alpha value is -2.48. The summed E-state index contributed by atoms with van der Waals surface area (Å²) in [5.74, 6) is 0.454. The molecule has 23 heavy (non-hydrogen) atoms. The summed E-state index contributed by atoms with van der Waals surface area (Å²) in [6.45, 7) is 3.78. The van der Waals surface area contributed by atoms with Gasteiger partial charge in [0.2, 0.25) is 0 Å². The molecule has 0 radical (unpaired) electrons. The lowest BCUT2D eigenvalue weighted by molar-refractivity contribution is -0.116. The van der Waals surface area contributed by atoms with E-state index in [1.165, 1.54) is 12.2 Å². The third-order valence-corrected chi connectivity index (χ3v) is 3.63. The van der Waals surface area contributed by atoms with Crippen LogP contribution in [0.4, 0.5) is 0 Å². The Kier molecular flexibility index (Phi) is 5.64. The van der Waals surface area contributed by atoms with Crippen molar-refractivity contribution < 1.29 is 9.21 Å². The number of nitrogens with zero attached hydrogens (tertiary/aromatic N) is 1. The minimum Gasteiger partial charge on any atom is -0.457 e. The van der Waals surface area contributed by atoms with Gasteiger partial charge in [-0.05, 0) is 30.3 Å². The van der Waals surface area contributed by atoms with E-state index in [1.807, 2.05) is 6.07 Å². The van der Waals surface area contributed by atoms with Crippen molar-refractivity contribution in [2.45, 2.75) is 0 Å². The van der Waals surface area contributed by atoms with Crippen LogP contribution in [0.25, 0.3) is 17.4 Å². The molecule has 1 heterocycles. The Balaban J connectivity index is 2.25. The van der Waals surface area contributed by atoms with Crippen LogP contribution in [0, 0.1) is 11.3 Å². The van der Waals surface area contributed by atoms with Gasteiger partial charge >= 0.3 is 0 Å². The molecule has 0 fully saturated rings. The fourth-order valence-corrected chi connectivity index (χ4v) is 2.08. The molecule has 0 saturated heterocycles. The van der Waals surface area contributed by atoms with E-state index in [9.17, 15) is 4.79 Å². The lowest BCUT2D eigenvalue weighted by Gasteiger charge is -2.00. The highest BCUT2D eigenvalue weighted by Crippen LogP contribution is 2.30. The maximum atomic E-state index is 11.8. The fourth-order valence-electron chi connectivity index (χ4n) is 1.79. The van der Waals surface area contributed by atoms with E-state index in [4.69, 9.17) is 32.9 Å². The van der Waals surface area contributed by atoms with E-state index in [-0.39, 0.29) is 12.1 Å². The van der Waals surface area contributed by atoms with Gasteiger partial charge in [0, 0.05) is 18.2 Å². The smallest absolute Gasteiger partial charge is 0.262 e. The molecular formula is C17H12Cl2N2O2. The molecule has 0 aliphatic heterocycles. The number of rotatable bonds is 5. The van der Waals surface area contributed by atoms with Crippen LogP contribution in [-0.2, 0) is 4.79 Å². The van der Waals surface area contributed by atoms with Crippen molar-refractivity contribution in [1.29, 1.82) is 5.26 Å². The standard InChI is InChI=1S/C17H12Cl2N2O2/c1-2-7-21-17(22)12(10-20)8-13-4-6-16(23-13)11-3-5-14(18)15(19)9-11/h2-6,8-9H,1,7H2,(H,21,22). The second kappa shape index (κ2) is 7.68. The van der Waals surface area contributed by atoms with Crippen molar-refractivity contribution in [1.82, 2.24) is 5.32 Å². The molecule has 1 aromatic heterocycles. The molecule has 0 bridgehead atoms. The van der Waals surface area contributed by atoms with Crippen LogP contribution in [0.5, 0.6) is 0 Å². The van der Waals surface area contributed by atoms with E-state index >= 15 is 0 Å². The number of halogens is 2. The maximum Gasteiger partial charge on any atom is 0.262 e. The number of nitrogens with one attached hydrogen (secondary N) is 1. The molecule has 0 aliphatic rings. The molecule has 1 amide bonds. The predicted octanol–water partition coefficient (Wildman–Crippen LogP) is 4.46. The monoisotopic (exact) mass is 346 g/mol. The summed E-state index contributed by atoms with van der Waals surface area (Å²) in [4.78, 5) is 11.8. The highest BCUT2D eigenvalue weighted by molar-refractivity contribution is 6.42. The molecule has 1 aromatic carbocycles. The van der Waals surface area contributed by atoms with E-state index in [2.05, 4.69) is 11.9 Å². The van der Waals surface area contributed by atoms with E-state index in [0.29, 0.717) is 21.6 Å². The molecule has 116 valence electrons. The van der Waals surface area contributed by atoms with Gasteiger partial charge in [0.15, 0.2) is 0 Å². The minimum atomic E-state index is -0.486. The van der Waals surface area contributed by atoms with Crippen LogP contribution in [0.1, 0.15) is 5.76 Å². The van der Waals surface area contributed by atoms with Gasteiger partial charge in [-0.15, -0.1) is 6.58 Å². The summed E-state index contributed by atoms with van der Waals surface area (Å²) in [6, 6.07) is 10.3. The molecule has 0 aliphatic carbocycles. The first-order chi connectivity index (χ1) is 11.0. The second-order valence-electron chi connectivity index (χ2n) is 4.50. The molecular weight excluding hydrogens is 335 g/mol. The van der Waals surface area contributed by atoms with Crippen molar-refractivity contribution in [2.75, 3.05) is 6.54 Å². The van der Waals surface area contributed by atoms with Gasteiger partial charge in [-0.3, -0.25) is 4.79 Å². The minimum absolute atomic E-state index is 0.0538. The summed E-state index contributed by atoms with van der Waals surface area (Å²) in [5.41, 5.74) is 0.690. The Bertz CT molecular complexity index is 816. The second-order valence-corrected chi connectivity index (χ2v) is 5.31. The first kappa shape index (κ1) is 16.9. The SMILES string of the molecule is C=CCNC(=O)C(C#N)=Cc1ccc(-c2ccc(Cl)c(Cl)c2)o1. The van der Waals surface area contributed by atoms with Crippen LogP contribution < -0.4 is 5.32 Å². The van der Waals surface area contributed by atoms with Gasteiger partial charge in [-0.2, -0.15) is 5.26 Å². The molecule has 2 aromatic rings. The van der Waals surface area contributed by atoms with Gasteiger partial charge in [0.05, 0.1) is 10.0 Å². The van der Waals surface area contributed by atoms with Crippen molar-refractivity contribution >= 4 is 35.2 Å². The molecule has 4 nitrogen and oxygen atoms in total. The summed E-state index contributed by atoms with van der Waals surface area (Å²) in [5, 5.41) is 12.5. The van der Waals surface area contributed by atoms with Crippen LogP contribution in [0.2, 0.25) is 10.0 Å². The van der Waals surface area contributed by atoms with Crippen molar-refractivity contribution in [2.24, 2.45) is 0 Å². The molecule has 6 heteroatoms. The molecule has 0 saturated carbocycles. The lowest BCUT2D eigenvalue weighted by Crippen LogP contribution is -2.24. The van der Waals surface area contributed by atoms with E-state index in [1.54, 1.807) is 30.3 Å². The average molecular weight is 347 g/mol. The summed E-state index contributed by atoms with van der Waals surface area (Å²) in [7, 11) is 0. The van der Waals surface area contributed by atoms with E-state index < -0.39 is 5.91 Å². The number of hydrogen-bond donors (Lipinski definition) is 1. The normalized spacial score (nSPS) is 10.9. The van der Waals surface area contributed by atoms with E-state index in [0.717, 1.165) is 5.56 Å². The molecule has 0 spiro atoms. The fraction of sp³-hybridized carbons (Fsp3) is 0.0588. The van der Waals surface area contributed by atoms with Crippen LogP contribution in [0.15, 0.2) is 53.0 Å². The van der Waals surface area contributed by atoms with Gasteiger partial charge in [0.1, 0.15) is 23.2 Å². The zero-order valence-electron chi connectivity index (χ0n) is 12.0. The topological polar surface area (TPSA) is 66.0 Å². The zero-order valence-corrected chi connectivity index (χ0v) is 13.5. The predicted molar refractivity (Wildman–Crippen MR) is 91.0 cm³/mol. The largest absolute Gasteiger partial charge is 0.457 e. The first-order valence-electron chi connectivity index (χ1n) is 6.61. The zero-order chi connectivity index (χ0) is 16.8. The molecule has 2 rings (SSSR count). The third kappa shape index (κ3) is 4.26. The third-order valence-electron chi connectivity index (χ3n) is 2.89. The van der Waals surface area contributed by atoms with Crippen LogP contribution >= 0.6 is 23.2 Å². The number of benzene rings is 1. The van der Waals surface area contributed by atoms with Crippen molar-refractivity contribution in [3.05, 3.63) is 64.4 Å². The number of amides is 1. The molecule has 0 unspecified atom stereocenters. The van der Waals surface area contributed by atoms with Gasteiger partial charge in [-0.25, -0.2) is 0 Å². The van der Waals surface area contributed by atoms with Gasteiger partial charge in [0.25, 0.3) is 5.91 Å². The number of hydrogen-bond acceptors (Lipinski definition) is 3. The van der Waals surface area contributed by atoms with Gasteiger partial charge in [-0.1, -0.05) is 29.3 Å². The van der Waals surface area contributed by atoms with Crippen molar-refractivity contribution in [3.8, 4) is 17.4 Å². The summed E-state index contributed by atoms with van der Waals surface area (Å²) >= 11 is 11.9. The Morgan fingerprint density at radius 1 is 1.30 bits per heavy atom. The highest BCUT2D eigenvalue weighted by Gasteiger charge is 2.10. The molecule has 0 atom stereocenters. The summed E-state index contributed by atoms with van der Waals surface area (Å²) < 4.78 is 5.62. The van der Waals surface area contributed by atoms with Gasteiger partial charge < -0.3 is 9.73 Å². The lowest BCUT2D eigenvalue weighted by atomic mass is 10.2.